The Morgan fingerprint density at radius 3 is 2.75 bits per heavy atom. The van der Waals surface area contributed by atoms with Gasteiger partial charge in [-0.2, -0.15) is 0 Å². The topological polar surface area (TPSA) is 120 Å². The van der Waals surface area contributed by atoms with E-state index < -0.39 is 19.5 Å². The maximum atomic E-state index is 12.6. The third-order valence-electron chi connectivity index (χ3n) is 3.51. The van der Waals surface area contributed by atoms with Gasteiger partial charge in [0, 0.05) is 20.2 Å². The normalized spacial score (nSPS) is 12.0. The van der Waals surface area contributed by atoms with Gasteiger partial charge in [0.25, 0.3) is 5.56 Å². The number of imidazole rings is 1. The van der Waals surface area contributed by atoms with Crippen LogP contribution in [0.25, 0.3) is 11.2 Å². The van der Waals surface area contributed by atoms with Gasteiger partial charge in [0.1, 0.15) is 13.3 Å². The van der Waals surface area contributed by atoms with Crippen LogP contribution in [0.4, 0.5) is 0 Å². The van der Waals surface area contributed by atoms with E-state index in [4.69, 9.17) is 4.74 Å². The number of aryl methyl sites for hydroxylation is 1. The molecule has 132 valence electrons. The highest BCUT2D eigenvalue weighted by atomic mass is 31.1. The van der Waals surface area contributed by atoms with Crippen molar-refractivity contribution in [1.82, 2.24) is 18.7 Å². The highest BCUT2D eigenvalue weighted by molar-refractivity contribution is 7.30. The van der Waals surface area contributed by atoms with E-state index in [-0.39, 0.29) is 19.9 Å². The Labute approximate surface area is 138 Å². The molecule has 10 nitrogen and oxygen atoms in total. The number of hydrogen-bond acceptors (Lipinski definition) is 7. The van der Waals surface area contributed by atoms with Gasteiger partial charge in [-0.3, -0.25) is 13.9 Å². The summed E-state index contributed by atoms with van der Waals surface area (Å²) in [6.07, 6.45) is 2.31. The van der Waals surface area contributed by atoms with Crippen LogP contribution in [0.15, 0.2) is 15.9 Å². The van der Waals surface area contributed by atoms with Crippen molar-refractivity contribution in [2.75, 3.05) is 13.2 Å². The zero-order valence-corrected chi connectivity index (χ0v) is 14.4. The quantitative estimate of drug-likeness (QED) is 0.446. The molecule has 0 bridgehead atoms. The van der Waals surface area contributed by atoms with Crippen LogP contribution in [0.5, 0.6) is 0 Å². The number of unbranched alkanes of at least 4 members (excludes halogenated alkanes) is 1. The number of nitrogens with zero attached hydrogens (tertiary/aromatic N) is 4. The monoisotopic (exact) mass is 358 g/mol. The molecule has 0 saturated heterocycles. The molecule has 0 saturated carbocycles. The molecule has 0 radical (unpaired) electrons. The van der Waals surface area contributed by atoms with Crippen molar-refractivity contribution in [2.24, 2.45) is 7.05 Å². The maximum absolute atomic E-state index is 12.6. The second-order valence-corrected chi connectivity index (χ2v) is 5.78. The summed E-state index contributed by atoms with van der Waals surface area (Å²) in [5.74, 6) is 0. The van der Waals surface area contributed by atoms with Gasteiger partial charge in [-0.25, -0.2) is 9.78 Å². The van der Waals surface area contributed by atoms with E-state index in [1.165, 1.54) is 10.9 Å². The van der Waals surface area contributed by atoms with Crippen molar-refractivity contribution in [3.8, 4) is 0 Å². The van der Waals surface area contributed by atoms with Crippen LogP contribution in [0.3, 0.4) is 0 Å². The summed E-state index contributed by atoms with van der Waals surface area (Å²) in [5.41, 5.74) is -0.317. The van der Waals surface area contributed by atoms with Crippen molar-refractivity contribution in [3.05, 3.63) is 27.2 Å². The largest absolute Gasteiger partial charge is 0.566 e. The Morgan fingerprint density at radius 1 is 1.33 bits per heavy atom. The zero-order valence-electron chi connectivity index (χ0n) is 13.5. The smallest absolute Gasteiger partial charge is 0.488 e. The van der Waals surface area contributed by atoms with Crippen molar-refractivity contribution in [1.29, 1.82) is 0 Å². The molecule has 0 fully saturated rings. The molecule has 0 aliphatic carbocycles. The lowest BCUT2D eigenvalue weighted by molar-refractivity contribution is -0.185. The predicted molar refractivity (Wildman–Crippen MR) is 83.7 cm³/mol. The van der Waals surface area contributed by atoms with Gasteiger partial charge < -0.3 is 14.2 Å². The molecule has 0 aromatic carbocycles. The first kappa shape index (κ1) is 18.5. The highest BCUT2D eigenvalue weighted by Crippen LogP contribution is 2.10. The molecule has 0 aliphatic heterocycles. The van der Waals surface area contributed by atoms with Crippen LogP contribution in [0.1, 0.15) is 19.8 Å². The van der Waals surface area contributed by atoms with Gasteiger partial charge in [0.05, 0.1) is 6.33 Å². The summed E-state index contributed by atoms with van der Waals surface area (Å²) >= 11 is 0. The Balaban J connectivity index is 2.27. The number of ether oxygens (including phenoxy) is 1. The molecule has 0 amide bonds. The highest BCUT2D eigenvalue weighted by Gasteiger charge is 2.16. The summed E-state index contributed by atoms with van der Waals surface area (Å²) in [7, 11) is -1.33. The Bertz CT molecular complexity index is 839. The molecule has 2 heterocycles. The molecule has 1 atom stereocenters. The molecule has 11 heteroatoms. The summed E-state index contributed by atoms with van der Waals surface area (Å²) in [4.78, 5) is 39.4. The standard InChI is InChI=1S/C13H19N4O6P/c1-3-22-9-16-8-14-11-10(16)12(18)17(13(19)15(11)2)6-4-5-7-23-24(20)21/h8H,3-7,9H2,1-2H3. The van der Waals surface area contributed by atoms with Crippen LogP contribution in [0.2, 0.25) is 0 Å². The van der Waals surface area contributed by atoms with E-state index in [9.17, 15) is 19.0 Å². The molecular formula is C13H19N4O6P. The Morgan fingerprint density at radius 2 is 2.08 bits per heavy atom. The molecule has 0 N–H and O–H groups in total. The van der Waals surface area contributed by atoms with Crippen LogP contribution in [0, 0.1) is 0 Å². The van der Waals surface area contributed by atoms with Gasteiger partial charge in [-0.05, 0) is 24.3 Å². The van der Waals surface area contributed by atoms with Gasteiger partial charge >= 0.3 is 13.9 Å². The molecule has 2 aromatic rings. The summed E-state index contributed by atoms with van der Waals surface area (Å²) < 4.78 is 24.0. The minimum Gasteiger partial charge on any atom is -0.566 e. The predicted octanol–water partition coefficient (Wildman–Crippen LogP) is -0.295. The molecule has 1 unspecified atom stereocenters. The molecule has 2 aromatic heterocycles. The first-order valence-electron chi connectivity index (χ1n) is 7.47. The van der Waals surface area contributed by atoms with Crippen molar-refractivity contribution >= 4 is 19.4 Å². The van der Waals surface area contributed by atoms with Gasteiger partial charge in [0.15, 0.2) is 11.2 Å². The average molecular weight is 358 g/mol. The van der Waals surface area contributed by atoms with Crippen LogP contribution in [-0.4, -0.2) is 31.9 Å². The summed E-state index contributed by atoms with van der Waals surface area (Å²) in [5, 5.41) is 0. The third-order valence-corrected chi connectivity index (χ3v) is 3.90. The van der Waals surface area contributed by atoms with Gasteiger partial charge in [-0.15, -0.1) is 4.52 Å². The maximum Gasteiger partial charge on any atom is 0.488 e. The summed E-state index contributed by atoms with van der Waals surface area (Å²) in [6.45, 7) is 2.69. The Kier molecular flexibility index (Phi) is 6.38. The number of fused-ring (bicyclic) bond motifs is 1. The zero-order chi connectivity index (χ0) is 17.7. The first-order chi connectivity index (χ1) is 11.5. The van der Waals surface area contributed by atoms with E-state index in [2.05, 4.69) is 9.51 Å². The lowest BCUT2D eigenvalue weighted by atomic mass is 10.3. The lowest BCUT2D eigenvalue weighted by Crippen LogP contribution is -2.39. The fraction of sp³-hybridized carbons (Fsp3) is 0.615. The average Bonchev–Trinajstić information content (AvgIpc) is 2.97. The van der Waals surface area contributed by atoms with E-state index in [0.717, 1.165) is 4.57 Å². The van der Waals surface area contributed by atoms with Crippen LogP contribution >= 0.6 is 8.25 Å². The van der Waals surface area contributed by atoms with Crippen molar-refractivity contribution in [2.45, 2.75) is 33.0 Å². The minimum atomic E-state index is -2.88. The third kappa shape index (κ3) is 3.96. The number of rotatable bonds is 9. The van der Waals surface area contributed by atoms with Gasteiger partial charge in [0.2, 0.25) is 0 Å². The molecule has 0 aliphatic rings. The lowest BCUT2D eigenvalue weighted by Gasteiger charge is -2.09. The fourth-order valence-corrected chi connectivity index (χ4v) is 2.60. The van der Waals surface area contributed by atoms with Crippen molar-refractivity contribution < 1.29 is 18.7 Å². The molecule has 2 rings (SSSR count). The van der Waals surface area contributed by atoms with Crippen LogP contribution in [-0.2, 0) is 34.1 Å². The second-order valence-electron chi connectivity index (χ2n) is 5.07. The van der Waals surface area contributed by atoms with Crippen molar-refractivity contribution in [3.63, 3.8) is 0 Å². The second kappa shape index (κ2) is 8.29. The van der Waals surface area contributed by atoms with E-state index in [0.29, 0.717) is 30.6 Å². The molecule has 24 heavy (non-hydrogen) atoms. The Hall–Kier alpha value is -1.87. The van der Waals surface area contributed by atoms with E-state index >= 15 is 0 Å². The SMILES string of the molecule is CCOCn1cnc2c1c(=O)n(CCCCO[P+](=O)[O-])c(=O)n2C. The van der Waals surface area contributed by atoms with E-state index in [1.54, 1.807) is 11.6 Å². The van der Waals surface area contributed by atoms with Gasteiger partial charge in [-0.1, -0.05) is 0 Å². The molecular weight excluding hydrogens is 339 g/mol. The minimum absolute atomic E-state index is 0.0261. The summed E-state index contributed by atoms with van der Waals surface area (Å²) in [6, 6.07) is 0. The number of hydrogen-bond donors (Lipinski definition) is 0. The number of aromatic nitrogens is 4. The fourth-order valence-electron chi connectivity index (χ4n) is 2.32. The molecule has 0 spiro atoms. The van der Waals surface area contributed by atoms with E-state index in [1.807, 2.05) is 6.92 Å². The first-order valence-corrected chi connectivity index (χ1v) is 8.56. The van der Waals surface area contributed by atoms with Crippen LogP contribution < -0.4 is 16.1 Å².